The first-order chi connectivity index (χ1) is 28.4. The average Bonchev–Trinajstić information content (AvgIpc) is 3.19. The fourth-order valence-corrected chi connectivity index (χ4v) is 7.39. The molecule has 1 aromatic heterocycles. The maximum atomic E-state index is 13.5. The van der Waals surface area contributed by atoms with Crippen LogP contribution in [0.15, 0.2) is 85.1 Å². The third-order valence-electron chi connectivity index (χ3n) is 9.87. The number of hydrogen-bond donors (Lipinski definition) is 8. The number of fused-ring (bicyclic) bond motifs is 1. The highest BCUT2D eigenvalue weighted by Crippen LogP contribution is 2.40. The van der Waals surface area contributed by atoms with Gasteiger partial charge in [-0.2, -0.15) is 0 Å². The van der Waals surface area contributed by atoms with Crippen LogP contribution in [0.1, 0.15) is 36.7 Å². The number of carbonyl (C=O) groups excluding carboxylic acids is 2. The van der Waals surface area contributed by atoms with Gasteiger partial charge in [0, 0.05) is 34.8 Å². The Morgan fingerprint density at radius 3 is 2.22 bits per heavy atom. The molecular formula is C42H48N6O11S. The van der Waals surface area contributed by atoms with Gasteiger partial charge in [0.1, 0.15) is 41.4 Å². The molecule has 8 N–H and O–H groups in total. The number of likely N-dealkylation sites (tertiary alicyclic amines) is 1. The molecule has 0 radical (unpaired) electrons. The minimum Gasteiger partial charge on any atom is -0.496 e. The van der Waals surface area contributed by atoms with E-state index in [2.05, 4.69) is 25.7 Å². The van der Waals surface area contributed by atoms with Crippen LogP contribution < -0.4 is 34.9 Å². The lowest BCUT2D eigenvalue weighted by Gasteiger charge is -2.43. The van der Waals surface area contributed by atoms with Crippen LogP contribution >= 0.6 is 0 Å². The third kappa shape index (κ3) is 9.64. The Bertz CT molecular complexity index is 2510. The van der Waals surface area contributed by atoms with Crippen LogP contribution in [0.2, 0.25) is 0 Å². The molecule has 1 aliphatic rings. The molecule has 2 heterocycles. The van der Waals surface area contributed by atoms with Crippen molar-refractivity contribution < 1.29 is 52.6 Å². The van der Waals surface area contributed by atoms with Gasteiger partial charge >= 0.3 is 6.03 Å². The number of piperidine rings is 1. The van der Waals surface area contributed by atoms with Gasteiger partial charge in [-0.25, -0.2) is 18.2 Å². The van der Waals surface area contributed by atoms with Crippen molar-refractivity contribution in [2.45, 2.75) is 50.5 Å². The fourth-order valence-electron chi connectivity index (χ4n) is 6.84. The number of amides is 3. The summed E-state index contributed by atoms with van der Waals surface area (Å²) in [7, 11) is -0.900. The van der Waals surface area contributed by atoms with E-state index in [0.29, 0.717) is 39.5 Å². The minimum atomic E-state index is -3.67. The zero-order valence-electron chi connectivity index (χ0n) is 33.8. The number of methoxy groups -OCH3 is 2. The molecule has 17 nitrogen and oxygen atoms in total. The molecule has 6 rings (SSSR count). The summed E-state index contributed by atoms with van der Waals surface area (Å²) in [6.45, 7) is 4.96. The number of hydrogen-bond acceptors (Lipinski definition) is 13. The van der Waals surface area contributed by atoms with Crippen LogP contribution in [0.3, 0.4) is 0 Å². The van der Waals surface area contributed by atoms with E-state index in [1.807, 2.05) is 45.0 Å². The summed E-state index contributed by atoms with van der Waals surface area (Å²) in [6.07, 6.45) is -1.89. The largest absolute Gasteiger partial charge is 0.496 e. The summed E-state index contributed by atoms with van der Waals surface area (Å²) in [5.74, 6) is 1.00. The summed E-state index contributed by atoms with van der Waals surface area (Å²) in [4.78, 5) is 32.5. The van der Waals surface area contributed by atoms with E-state index in [-0.39, 0.29) is 35.0 Å². The molecule has 318 valence electrons. The van der Waals surface area contributed by atoms with Crippen molar-refractivity contribution in [2.75, 3.05) is 54.3 Å². The van der Waals surface area contributed by atoms with Crippen LogP contribution in [0.4, 0.5) is 33.4 Å². The number of aliphatic hydroxyl groups is 4. The smallest absolute Gasteiger partial charge is 0.323 e. The van der Waals surface area contributed by atoms with E-state index in [1.165, 1.54) is 20.3 Å². The summed E-state index contributed by atoms with van der Waals surface area (Å²) < 4.78 is 44.2. The summed E-state index contributed by atoms with van der Waals surface area (Å²) >= 11 is 0. The number of nitrogens with one attached hydrogen (secondary N) is 4. The van der Waals surface area contributed by atoms with E-state index in [9.17, 15) is 38.4 Å². The number of anilines is 5. The first-order valence-corrected chi connectivity index (χ1v) is 20.6. The number of benzene rings is 4. The first kappa shape index (κ1) is 43.4. The average molecular weight is 845 g/mol. The van der Waals surface area contributed by atoms with Gasteiger partial charge in [-0.05, 0) is 53.4 Å². The van der Waals surface area contributed by atoms with E-state index < -0.39 is 58.3 Å². The van der Waals surface area contributed by atoms with Gasteiger partial charge in [0.15, 0.2) is 5.75 Å². The number of pyridine rings is 1. The first-order valence-electron chi connectivity index (χ1n) is 18.8. The molecule has 1 aliphatic heterocycles. The number of urea groups is 1. The van der Waals surface area contributed by atoms with E-state index in [0.717, 1.165) is 16.7 Å². The van der Waals surface area contributed by atoms with Gasteiger partial charge < -0.3 is 55.5 Å². The molecule has 1 fully saturated rings. The summed E-state index contributed by atoms with van der Waals surface area (Å²) in [6, 6.07) is 20.4. The normalized spacial score (nSPS) is 18.1. The van der Waals surface area contributed by atoms with Crippen molar-refractivity contribution in [2.24, 2.45) is 0 Å². The lowest BCUT2D eigenvalue weighted by atomic mass is 9.86. The topological polar surface area (TPSA) is 241 Å². The number of aliphatic hydroxyl groups excluding tert-OH is 4. The van der Waals surface area contributed by atoms with E-state index >= 15 is 0 Å². The van der Waals surface area contributed by atoms with Crippen LogP contribution in [0, 0.1) is 0 Å². The van der Waals surface area contributed by atoms with Crippen molar-refractivity contribution in [3.05, 3.63) is 96.2 Å². The monoisotopic (exact) mass is 844 g/mol. The van der Waals surface area contributed by atoms with E-state index in [1.54, 1.807) is 54.7 Å². The SMILES string of the molecule is COc1cc(Nc2cc(Oc3ccc(NC(=O)Nc4cc(C(C)(C)C)cc(NS(C)(=O)=O)c4OC)c4ccccc34)ccn2)ccc1C(=O)N1C[C@@H](O)[C@@H](O)[C@H](O)[C@H]1CO. The van der Waals surface area contributed by atoms with Gasteiger partial charge in [0.2, 0.25) is 10.0 Å². The van der Waals surface area contributed by atoms with E-state index in [4.69, 9.17) is 14.2 Å². The second kappa shape index (κ2) is 17.6. The number of β-amino-alcohol motifs (C(OH)–C–C–N with tert-alkyl or cyclic N) is 1. The number of ether oxygens (including phenoxy) is 3. The molecule has 0 spiro atoms. The van der Waals surface area contributed by atoms with Crippen LogP contribution in [0.5, 0.6) is 23.0 Å². The predicted octanol–water partition coefficient (Wildman–Crippen LogP) is 5.00. The highest BCUT2D eigenvalue weighted by molar-refractivity contribution is 7.92. The van der Waals surface area contributed by atoms with Gasteiger partial charge in [-0.3, -0.25) is 9.52 Å². The molecule has 4 aromatic carbocycles. The minimum absolute atomic E-state index is 0.107. The number of rotatable bonds is 12. The van der Waals surface area contributed by atoms with Gasteiger partial charge in [-0.1, -0.05) is 45.0 Å². The number of aromatic nitrogens is 1. The van der Waals surface area contributed by atoms with Gasteiger partial charge in [0.05, 0.1) is 62.3 Å². The maximum Gasteiger partial charge on any atom is 0.323 e. The Labute approximate surface area is 347 Å². The highest BCUT2D eigenvalue weighted by atomic mass is 32.2. The van der Waals surface area contributed by atoms with Gasteiger partial charge in [-0.15, -0.1) is 0 Å². The van der Waals surface area contributed by atoms with Crippen molar-refractivity contribution >= 4 is 61.3 Å². The molecule has 60 heavy (non-hydrogen) atoms. The highest BCUT2D eigenvalue weighted by Gasteiger charge is 2.43. The lowest BCUT2D eigenvalue weighted by molar-refractivity contribution is -0.134. The quantitative estimate of drug-likeness (QED) is 0.0826. The number of sulfonamides is 1. The molecule has 0 unspecified atom stereocenters. The standard InChI is InChI=1S/C42H48N6O11S/c1-42(2,3)23-17-30(39(58-5)31(18-23)47-60(6,55)56)46-41(54)45-29-13-14-34(27-10-8-7-9-26(27)29)59-25-15-16-43-36(20-25)44-24-11-12-28(35(19-24)57-4)40(53)48-21-33(50)38(52)37(51)32(48)22-49/h7-20,32-33,37-38,47,49-52H,21-22H2,1-6H3,(H,43,44)(H2,45,46,54)/t32-,33-,37-,38-/m1/s1. The molecular weight excluding hydrogens is 797 g/mol. The fraction of sp³-hybridized carbons (Fsp3) is 0.310. The Kier molecular flexibility index (Phi) is 12.7. The van der Waals surface area contributed by atoms with Crippen LogP contribution in [0.25, 0.3) is 10.8 Å². The summed E-state index contributed by atoms with van der Waals surface area (Å²) in [5, 5.41) is 50.7. The Morgan fingerprint density at radius 2 is 1.55 bits per heavy atom. The molecule has 1 saturated heterocycles. The Morgan fingerprint density at radius 1 is 0.850 bits per heavy atom. The molecule has 0 saturated carbocycles. The molecule has 3 amide bonds. The molecule has 0 bridgehead atoms. The summed E-state index contributed by atoms with van der Waals surface area (Å²) in [5.41, 5.74) is 1.90. The number of carbonyl (C=O) groups is 2. The molecule has 0 aliphatic carbocycles. The van der Waals surface area contributed by atoms with Crippen molar-refractivity contribution in [1.29, 1.82) is 0 Å². The zero-order valence-corrected chi connectivity index (χ0v) is 34.6. The maximum absolute atomic E-state index is 13.5. The second-order valence-electron chi connectivity index (χ2n) is 15.2. The zero-order chi connectivity index (χ0) is 43.5. The third-order valence-corrected chi connectivity index (χ3v) is 10.5. The molecule has 5 aromatic rings. The van der Waals surface area contributed by atoms with Crippen LogP contribution in [-0.4, -0.2) is 109 Å². The predicted molar refractivity (Wildman–Crippen MR) is 227 cm³/mol. The van der Waals surface area contributed by atoms with Crippen LogP contribution in [-0.2, 0) is 15.4 Å². The van der Waals surface area contributed by atoms with Crippen molar-refractivity contribution in [3.63, 3.8) is 0 Å². The number of nitrogens with zero attached hydrogens (tertiary/aromatic N) is 2. The Balaban J connectivity index is 1.19. The molecule has 4 atom stereocenters. The van der Waals surface area contributed by atoms with Crippen molar-refractivity contribution in [3.8, 4) is 23.0 Å². The lowest BCUT2D eigenvalue weighted by Crippen LogP contribution is -2.63. The second-order valence-corrected chi connectivity index (χ2v) is 17.0. The molecule has 18 heteroatoms. The van der Waals surface area contributed by atoms with Crippen molar-refractivity contribution in [1.82, 2.24) is 9.88 Å². The van der Waals surface area contributed by atoms with Gasteiger partial charge in [0.25, 0.3) is 5.91 Å². The Hall–Kier alpha value is -6.18.